The van der Waals surface area contributed by atoms with Crippen molar-refractivity contribution in [2.75, 3.05) is 39.3 Å². The zero-order chi connectivity index (χ0) is 17.9. The molecule has 0 spiro atoms. The molecule has 0 radical (unpaired) electrons. The molecule has 1 aromatic heterocycles. The maximum absolute atomic E-state index is 5.18. The standard InChI is InChI=1S/C20H33N5O.HI/c1-3-21-20(22-13-19(16-4-5-16)17-6-7-17)25-10-8-24(9-11-25)14-18-12-15(2)26-23-18;/h12,16-17,19H,3-11,13-14H2,1-2H3,(H,21,22);1H. The Bertz CT molecular complexity index is 606. The van der Waals surface area contributed by atoms with Gasteiger partial charge in [0.05, 0.1) is 5.69 Å². The number of aryl methyl sites for hydroxylation is 1. The van der Waals surface area contributed by atoms with E-state index in [9.17, 15) is 0 Å². The van der Waals surface area contributed by atoms with Gasteiger partial charge in [-0.3, -0.25) is 9.89 Å². The predicted octanol–water partition coefficient (Wildman–Crippen LogP) is 3.12. The molecule has 2 heterocycles. The van der Waals surface area contributed by atoms with Crippen molar-refractivity contribution < 1.29 is 4.52 Å². The average molecular weight is 487 g/mol. The van der Waals surface area contributed by atoms with Crippen LogP contribution in [0.4, 0.5) is 0 Å². The fourth-order valence-electron chi connectivity index (χ4n) is 4.19. The van der Waals surface area contributed by atoms with Crippen molar-refractivity contribution in [3.05, 3.63) is 17.5 Å². The van der Waals surface area contributed by atoms with E-state index in [-0.39, 0.29) is 24.0 Å². The van der Waals surface area contributed by atoms with E-state index >= 15 is 0 Å². The summed E-state index contributed by atoms with van der Waals surface area (Å²) < 4.78 is 5.18. The lowest BCUT2D eigenvalue weighted by Gasteiger charge is -2.36. The first-order valence-corrected chi connectivity index (χ1v) is 10.4. The number of rotatable bonds is 7. The molecule has 1 N–H and O–H groups in total. The molecule has 0 unspecified atom stereocenters. The van der Waals surface area contributed by atoms with Crippen molar-refractivity contribution in [3.8, 4) is 0 Å². The highest BCUT2D eigenvalue weighted by atomic mass is 127. The molecule has 1 aliphatic heterocycles. The summed E-state index contributed by atoms with van der Waals surface area (Å²) in [5, 5.41) is 7.64. The van der Waals surface area contributed by atoms with Gasteiger partial charge in [-0.2, -0.15) is 0 Å². The van der Waals surface area contributed by atoms with Crippen LogP contribution in [0, 0.1) is 24.7 Å². The fourth-order valence-corrected chi connectivity index (χ4v) is 4.19. The molecule has 1 aromatic rings. The second-order valence-electron chi connectivity index (χ2n) is 8.23. The first kappa shape index (κ1) is 20.9. The zero-order valence-electron chi connectivity index (χ0n) is 16.7. The van der Waals surface area contributed by atoms with Gasteiger partial charge < -0.3 is 14.7 Å². The minimum atomic E-state index is 0. The highest BCUT2D eigenvalue weighted by Crippen LogP contribution is 2.49. The summed E-state index contributed by atoms with van der Waals surface area (Å²) in [4.78, 5) is 9.95. The summed E-state index contributed by atoms with van der Waals surface area (Å²) in [6.07, 6.45) is 5.75. The average Bonchev–Trinajstić information content (AvgIpc) is 3.56. The lowest BCUT2D eigenvalue weighted by atomic mass is 9.98. The van der Waals surface area contributed by atoms with Crippen molar-refractivity contribution in [1.29, 1.82) is 0 Å². The smallest absolute Gasteiger partial charge is 0.194 e. The Balaban J connectivity index is 0.00000210. The Morgan fingerprint density at radius 1 is 1.22 bits per heavy atom. The number of nitrogens with zero attached hydrogens (tertiary/aromatic N) is 4. The van der Waals surface area contributed by atoms with Gasteiger partial charge in [-0.1, -0.05) is 5.16 Å². The van der Waals surface area contributed by atoms with Gasteiger partial charge in [0.2, 0.25) is 0 Å². The Morgan fingerprint density at radius 2 is 1.89 bits per heavy atom. The molecular weight excluding hydrogens is 453 g/mol. The molecule has 2 aliphatic carbocycles. The number of hydrogen-bond donors (Lipinski definition) is 1. The first-order valence-electron chi connectivity index (χ1n) is 10.4. The van der Waals surface area contributed by atoms with Crippen molar-refractivity contribution >= 4 is 29.9 Å². The van der Waals surface area contributed by atoms with Gasteiger partial charge >= 0.3 is 0 Å². The molecule has 3 aliphatic rings. The highest BCUT2D eigenvalue weighted by molar-refractivity contribution is 14.0. The van der Waals surface area contributed by atoms with Crippen LogP contribution in [0.5, 0.6) is 0 Å². The van der Waals surface area contributed by atoms with Gasteiger partial charge in [0, 0.05) is 51.9 Å². The van der Waals surface area contributed by atoms with Gasteiger partial charge in [-0.05, 0) is 57.3 Å². The van der Waals surface area contributed by atoms with Crippen molar-refractivity contribution in [2.24, 2.45) is 22.7 Å². The third-order valence-electron chi connectivity index (χ3n) is 5.98. The van der Waals surface area contributed by atoms with Crippen LogP contribution in [0.15, 0.2) is 15.6 Å². The number of aliphatic imine (C=N–C) groups is 1. The third kappa shape index (κ3) is 5.82. The molecule has 3 fully saturated rings. The van der Waals surface area contributed by atoms with Crippen molar-refractivity contribution in [1.82, 2.24) is 20.3 Å². The normalized spacial score (nSPS) is 21.4. The molecule has 1 saturated heterocycles. The molecule has 0 amide bonds. The van der Waals surface area contributed by atoms with E-state index in [1.807, 2.05) is 13.0 Å². The van der Waals surface area contributed by atoms with E-state index in [2.05, 4.69) is 27.2 Å². The second-order valence-corrected chi connectivity index (χ2v) is 8.23. The predicted molar refractivity (Wildman–Crippen MR) is 118 cm³/mol. The first-order chi connectivity index (χ1) is 12.7. The molecule has 0 bridgehead atoms. The van der Waals surface area contributed by atoms with Gasteiger partial charge in [-0.15, -0.1) is 24.0 Å². The van der Waals surface area contributed by atoms with Crippen molar-refractivity contribution in [2.45, 2.75) is 46.1 Å². The van der Waals surface area contributed by atoms with E-state index < -0.39 is 0 Å². The summed E-state index contributed by atoms with van der Waals surface area (Å²) in [7, 11) is 0. The van der Waals surface area contributed by atoms with Crippen LogP contribution in [0.2, 0.25) is 0 Å². The lowest BCUT2D eigenvalue weighted by Crippen LogP contribution is -2.52. The van der Waals surface area contributed by atoms with E-state index in [0.717, 1.165) is 81.0 Å². The van der Waals surface area contributed by atoms with Gasteiger partial charge in [0.15, 0.2) is 5.96 Å². The minimum absolute atomic E-state index is 0. The number of piperazine rings is 1. The topological polar surface area (TPSA) is 56.9 Å². The van der Waals surface area contributed by atoms with Crippen LogP contribution in [0.1, 0.15) is 44.1 Å². The minimum Gasteiger partial charge on any atom is -0.361 e. The summed E-state index contributed by atoms with van der Waals surface area (Å²) in [5.41, 5.74) is 1.04. The Morgan fingerprint density at radius 3 is 2.41 bits per heavy atom. The lowest BCUT2D eigenvalue weighted by molar-refractivity contribution is 0.168. The number of guanidine groups is 1. The van der Waals surface area contributed by atoms with Gasteiger partial charge in [-0.25, -0.2) is 0 Å². The quantitative estimate of drug-likeness (QED) is 0.364. The summed E-state index contributed by atoms with van der Waals surface area (Å²) >= 11 is 0. The number of aromatic nitrogens is 1. The summed E-state index contributed by atoms with van der Waals surface area (Å²) in [5.74, 6) is 4.80. The highest BCUT2D eigenvalue weighted by Gasteiger charge is 2.41. The molecule has 2 saturated carbocycles. The van der Waals surface area contributed by atoms with Crippen LogP contribution in [-0.2, 0) is 6.54 Å². The van der Waals surface area contributed by atoms with Crippen LogP contribution >= 0.6 is 24.0 Å². The maximum Gasteiger partial charge on any atom is 0.194 e. The molecule has 4 rings (SSSR count). The second kappa shape index (κ2) is 9.58. The van der Waals surface area contributed by atoms with Crippen LogP contribution in [-0.4, -0.2) is 60.2 Å². The third-order valence-corrected chi connectivity index (χ3v) is 5.98. The Labute approximate surface area is 180 Å². The monoisotopic (exact) mass is 487 g/mol. The molecule has 7 heteroatoms. The fraction of sp³-hybridized carbons (Fsp3) is 0.800. The summed E-state index contributed by atoms with van der Waals surface area (Å²) in [6, 6.07) is 2.04. The summed E-state index contributed by atoms with van der Waals surface area (Å²) in [6.45, 7) is 11.1. The van der Waals surface area contributed by atoms with Crippen LogP contribution in [0.25, 0.3) is 0 Å². The SMILES string of the molecule is CCNC(=NCC(C1CC1)C1CC1)N1CCN(Cc2cc(C)on2)CC1.I. The van der Waals surface area contributed by atoms with Crippen LogP contribution < -0.4 is 5.32 Å². The van der Waals surface area contributed by atoms with Crippen LogP contribution in [0.3, 0.4) is 0 Å². The van der Waals surface area contributed by atoms with E-state index in [1.165, 1.54) is 25.7 Å². The van der Waals surface area contributed by atoms with E-state index in [4.69, 9.17) is 9.52 Å². The molecule has 152 valence electrons. The van der Waals surface area contributed by atoms with Crippen molar-refractivity contribution in [3.63, 3.8) is 0 Å². The van der Waals surface area contributed by atoms with E-state index in [1.54, 1.807) is 0 Å². The number of nitrogens with one attached hydrogen (secondary N) is 1. The number of hydrogen-bond acceptors (Lipinski definition) is 4. The molecule has 0 atom stereocenters. The molecule has 0 aromatic carbocycles. The van der Waals surface area contributed by atoms with Gasteiger partial charge in [0.25, 0.3) is 0 Å². The molecule has 6 nitrogen and oxygen atoms in total. The molecular formula is C20H34IN5O. The maximum atomic E-state index is 5.18. The molecule has 27 heavy (non-hydrogen) atoms. The van der Waals surface area contributed by atoms with Gasteiger partial charge in [0.1, 0.15) is 5.76 Å². The Hall–Kier alpha value is -0.830. The zero-order valence-corrected chi connectivity index (χ0v) is 19.0. The van der Waals surface area contributed by atoms with E-state index in [0.29, 0.717) is 0 Å². The Kier molecular flexibility index (Phi) is 7.42. The largest absolute Gasteiger partial charge is 0.361 e. The number of halogens is 1.